The van der Waals surface area contributed by atoms with Crippen LogP contribution in [0, 0.1) is 5.82 Å². The van der Waals surface area contributed by atoms with Gasteiger partial charge >= 0.3 is 6.09 Å². The molecule has 0 spiro atoms. The molecule has 0 unspecified atom stereocenters. The zero-order valence-corrected chi connectivity index (χ0v) is 18.6. The van der Waals surface area contributed by atoms with Crippen molar-refractivity contribution in [1.82, 2.24) is 25.4 Å². The molecule has 2 amide bonds. The van der Waals surface area contributed by atoms with Gasteiger partial charge in [-0.05, 0) is 24.6 Å². The molecule has 2 aromatic rings. The normalized spacial score (nSPS) is 18.7. The highest BCUT2D eigenvalue weighted by Gasteiger charge is 2.33. The summed E-state index contributed by atoms with van der Waals surface area (Å²) in [4.78, 5) is 38.8. The second-order valence-corrected chi connectivity index (χ2v) is 8.10. The molecule has 3 heterocycles. The Kier molecular flexibility index (Phi) is 7.48. The molecule has 4 rings (SSSR count). The van der Waals surface area contributed by atoms with Crippen molar-refractivity contribution in [3.8, 4) is 0 Å². The number of nitrogens with zero attached hydrogens (tertiary/aromatic N) is 6. The first kappa shape index (κ1) is 24.4. The summed E-state index contributed by atoms with van der Waals surface area (Å²) in [7, 11) is 0. The molecule has 2 aliphatic heterocycles. The Morgan fingerprint density at radius 3 is 2.77 bits per heavy atom. The zero-order chi connectivity index (χ0) is 24.9. The first-order valence-electron chi connectivity index (χ1n) is 11.0. The number of Topliss-reactive ketones (excluding diaryl/α,β-unsaturated/α-hetero) is 1. The van der Waals surface area contributed by atoms with E-state index < -0.39 is 36.6 Å². The lowest BCUT2D eigenvalue weighted by Gasteiger charge is -2.24. The number of aromatic nitrogens is 3. The van der Waals surface area contributed by atoms with Crippen molar-refractivity contribution in [3.05, 3.63) is 36.4 Å². The molecule has 2 fully saturated rings. The van der Waals surface area contributed by atoms with Crippen molar-refractivity contribution >= 4 is 29.2 Å². The molecule has 1 N–H and O–H groups in total. The number of amides is 2. The third-order valence-corrected chi connectivity index (χ3v) is 5.76. The molecule has 1 atom stereocenters. The topological polar surface area (TPSA) is 113 Å². The molecule has 1 aromatic heterocycles. The SMILES string of the molecule is O=C(CC[C@H]1CN(c2ccc(N3CCNN(C(=O)Cn4ccnn4)CC3)c(F)c2)C(=O)O1)C(F)F. The molecule has 35 heavy (non-hydrogen) atoms. The number of hydrazine groups is 1. The van der Waals surface area contributed by atoms with E-state index in [0.717, 1.165) is 0 Å². The predicted octanol–water partition coefficient (Wildman–Crippen LogP) is 1.21. The molecule has 2 saturated heterocycles. The monoisotopic (exact) mass is 495 g/mol. The maximum Gasteiger partial charge on any atom is 0.414 e. The Morgan fingerprint density at radius 1 is 1.23 bits per heavy atom. The van der Waals surface area contributed by atoms with Gasteiger partial charge in [-0.2, -0.15) is 0 Å². The van der Waals surface area contributed by atoms with E-state index in [4.69, 9.17) is 4.74 Å². The molecule has 1 aromatic carbocycles. The summed E-state index contributed by atoms with van der Waals surface area (Å²) in [5, 5.41) is 8.91. The summed E-state index contributed by atoms with van der Waals surface area (Å²) in [5.41, 5.74) is 3.60. The lowest BCUT2D eigenvalue weighted by atomic mass is 10.1. The summed E-state index contributed by atoms with van der Waals surface area (Å²) < 4.78 is 46.3. The summed E-state index contributed by atoms with van der Waals surface area (Å²) in [6, 6.07) is 4.31. The molecule has 0 saturated carbocycles. The van der Waals surface area contributed by atoms with E-state index in [-0.39, 0.29) is 31.1 Å². The van der Waals surface area contributed by atoms with Gasteiger partial charge in [0.25, 0.3) is 12.3 Å². The lowest BCUT2D eigenvalue weighted by Crippen LogP contribution is -2.45. The smallest absolute Gasteiger partial charge is 0.414 e. The van der Waals surface area contributed by atoms with Crippen LogP contribution in [-0.4, -0.2) is 83.0 Å². The van der Waals surface area contributed by atoms with Crippen LogP contribution in [0.3, 0.4) is 0 Å². The average Bonchev–Trinajstić information content (AvgIpc) is 3.39. The minimum Gasteiger partial charge on any atom is -0.444 e. The van der Waals surface area contributed by atoms with E-state index in [1.165, 1.54) is 26.9 Å². The van der Waals surface area contributed by atoms with Crippen LogP contribution in [0.4, 0.5) is 29.3 Å². The van der Waals surface area contributed by atoms with Crippen molar-refractivity contribution in [2.24, 2.45) is 0 Å². The first-order valence-corrected chi connectivity index (χ1v) is 11.0. The van der Waals surface area contributed by atoms with Gasteiger partial charge in [0.2, 0.25) is 0 Å². The van der Waals surface area contributed by atoms with Crippen LogP contribution in [0.1, 0.15) is 12.8 Å². The third kappa shape index (κ3) is 5.88. The standard InChI is InChI=1S/C21H24F3N7O4/c22-16-11-14(30-12-15(35-21(30)34)2-4-18(32)20(23)24)1-3-17(16)28-7-6-26-31(10-9-28)19(33)13-29-8-5-25-27-29/h1,3,5,8,11,15,20,26H,2,4,6-7,9-10,12-13H2/t15-/m0/s1. The zero-order valence-electron chi connectivity index (χ0n) is 18.6. The van der Waals surface area contributed by atoms with Gasteiger partial charge < -0.3 is 9.64 Å². The van der Waals surface area contributed by atoms with Crippen LogP contribution in [0.25, 0.3) is 0 Å². The summed E-state index contributed by atoms with van der Waals surface area (Å²) in [6.45, 7) is 1.59. The molecule has 188 valence electrons. The molecule has 0 radical (unpaired) electrons. The van der Waals surface area contributed by atoms with Crippen molar-refractivity contribution in [3.63, 3.8) is 0 Å². The molecule has 0 bridgehead atoms. The van der Waals surface area contributed by atoms with Gasteiger partial charge in [0, 0.05) is 32.3 Å². The van der Waals surface area contributed by atoms with Crippen LogP contribution >= 0.6 is 0 Å². The van der Waals surface area contributed by atoms with Gasteiger partial charge in [-0.25, -0.2) is 28.1 Å². The maximum absolute atomic E-state index is 15.0. The van der Waals surface area contributed by atoms with Crippen LogP contribution in [0.2, 0.25) is 0 Å². The Bertz CT molecular complexity index is 1070. The Hall–Kier alpha value is -3.68. The number of hydrogen-bond acceptors (Lipinski definition) is 8. The second kappa shape index (κ2) is 10.7. The van der Waals surface area contributed by atoms with E-state index in [1.807, 2.05) is 0 Å². The first-order chi connectivity index (χ1) is 16.8. The van der Waals surface area contributed by atoms with Crippen molar-refractivity contribution in [2.45, 2.75) is 31.9 Å². The second-order valence-electron chi connectivity index (χ2n) is 8.10. The average molecular weight is 495 g/mol. The van der Waals surface area contributed by atoms with Crippen molar-refractivity contribution in [1.29, 1.82) is 0 Å². The molecule has 14 heteroatoms. The number of benzene rings is 1. The van der Waals surface area contributed by atoms with E-state index in [9.17, 15) is 23.2 Å². The number of carbonyl (C=O) groups is 3. The van der Waals surface area contributed by atoms with Gasteiger partial charge in [0.1, 0.15) is 18.5 Å². The quantitative estimate of drug-likeness (QED) is 0.582. The Morgan fingerprint density at radius 2 is 2.06 bits per heavy atom. The van der Waals surface area contributed by atoms with E-state index in [1.54, 1.807) is 23.2 Å². The van der Waals surface area contributed by atoms with E-state index >= 15 is 4.39 Å². The van der Waals surface area contributed by atoms with E-state index in [0.29, 0.717) is 31.9 Å². The molecule has 0 aliphatic carbocycles. The highest BCUT2D eigenvalue weighted by atomic mass is 19.3. The number of halogens is 3. The number of carbonyl (C=O) groups excluding carboxylic acids is 3. The maximum atomic E-state index is 15.0. The third-order valence-electron chi connectivity index (χ3n) is 5.76. The molecule has 2 aliphatic rings. The van der Waals surface area contributed by atoms with E-state index in [2.05, 4.69) is 15.7 Å². The number of rotatable bonds is 8. The van der Waals surface area contributed by atoms with Crippen molar-refractivity contribution in [2.75, 3.05) is 42.5 Å². The van der Waals surface area contributed by atoms with Crippen LogP contribution in [-0.2, 0) is 20.9 Å². The van der Waals surface area contributed by atoms with Gasteiger partial charge in [-0.1, -0.05) is 5.21 Å². The minimum atomic E-state index is -3.06. The fraction of sp³-hybridized carbons (Fsp3) is 0.476. The molecular weight excluding hydrogens is 471 g/mol. The predicted molar refractivity (Wildman–Crippen MR) is 116 cm³/mol. The number of anilines is 2. The number of hydrogen-bond donors (Lipinski definition) is 1. The number of nitrogens with one attached hydrogen (secondary N) is 1. The number of alkyl halides is 2. The Balaban J connectivity index is 1.35. The number of ether oxygens (including phenoxy) is 1. The van der Waals surface area contributed by atoms with Crippen LogP contribution in [0.5, 0.6) is 0 Å². The molecular formula is C21H24F3N7O4. The highest BCUT2D eigenvalue weighted by Crippen LogP contribution is 2.29. The lowest BCUT2D eigenvalue weighted by molar-refractivity contribution is -0.134. The van der Waals surface area contributed by atoms with Gasteiger partial charge in [-0.3, -0.25) is 19.5 Å². The highest BCUT2D eigenvalue weighted by molar-refractivity contribution is 5.90. The molecule has 11 nitrogen and oxygen atoms in total. The summed E-state index contributed by atoms with van der Waals surface area (Å²) in [6.07, 6.45) is -1.89. The number of cyclic esters (lactones) is 1. The minimum absolute atomic E-state index is 0.0271. The van der Waals surface area contributed by atoms with Crippen molar-refractivity contribution < 1.29 is 32.3 Å². The number of ketones is 1. The Labute approximate surface area is 198 Å². The van der Waals surface area contributed by atoms with Gasteiger partial charge in [0.05, 0.1) is 30.7 Å². The summed E-state index contributed by atoms with van der Waals surface area (Å²) >= 11 is 0. The van der Waals surface area contributed by atoms with Crippen LogP contribution < -0.4 is 15.2 Å². The largest absolute Gasteiger partial charge is 0.444 e. The van der Waals surface area contributed by atoms with Gasteiger partial charge in [-0.15, -0.1) is 5.10 Å². The van der Waals surface area contributed by atoms with Crippen LogP contribution in [0.15, 0.2) is 30.6 Å². The van der Waals surface area contributed by atoms with Gasteiger partial charge in [0.15, 0.2) is 5.78 Å². The fourth-order valence-electron chi connectivity index (χ4n) is 3.94. The fourth-order valence-corrected chi connectivity index (χ4v) is 3.94. The summed E-state index contributed by atoms with van der Waals surface area (Å²) in [5.74, 6) is -1.97.